The van der Waals surface area contributed by atoms with Gasteiger partial charge in [-0.2, -0.15) is 0 Å². The smallest absolute Gasteiger partial charge is 0.333 e. The lowest BCUT2D eigenvalue weighted by molar-refractivity contribution is -0.139. The standard InChI is InChI=1S/C11H14N4O4/c1-6(2)10(17)19-5-7(14-11(12)18)9-13-4-3-8(16)15-9/h3-4,7H,1,5H2,2H3,(H3,12,14,18)(H,13,15,16). The second-order valence-corrected chi connectivity index (χ2v) is 3.76. The normalized spacial score (nSPS) is 11.4. The lowest BCUT2D eigenvalue weighted by atomic mass is 10.3. The van der Waals surface area contributed by atoms with Crippen molar-refractivity contribution in [3.05, 3.63) is 40.6 Å². The molecule has 1 aromatic rings. The second kappa shape index (κ2) is 6.34. The Kier molecular flexibility index (Phi) is 4.81. The first kappa shape index (κ1) is 14.4. The van der Waals surface area contributed by atoms with Crippen LogP contribution in [0.1, 0.15) is 18.8 Å². The molecule has 1 heterocycles. The summed E-state index contributed by atoms with van der Waals surface area (Å²) in [5.41, 5.74) is 4.83. The molecule has 0 spiro atoms. The summed E-state index contributed by atoms with van der Waals surface area (Å²) >= 11 is 0. The van der Waals surface area contributed by atoms with E-state index in [1.54, 1.807) is 0 Å². The molecule has 1 unspecified atom stereocenters. The van der Waals surface area contributed by atoms with E-state index in [1.165, 1.54) is 19.2 Å². The van der Waals surface area contributed by atoms with E-state index in [0.717, 1.165) is 0 Å². The number of nitrogens with one attached hydrogen (secondary N) is 2. The van der Waals surface area contributed by atoms with Crippen molar-refractivity contribution < 1.29 is 14.3 Å². The van der Waals surface area contributed by atoms with Crippen LogP contribution in [-0.2, 0) is 9.53 Å². The number of H-pyrrole nitrogens is 1. The molecular formula is C11H14N4O4. The summed E-state index contributed by atoms with van der Waals surface area (Å²) in [6, 6.07) is -0.456. The highest BCUT2D eigenvalue weighted by Crippen LogP contribution is 2.07. The third kappa shape index (κ3) is 4.62. The quantitative estimate of drug-likeness (QED) is 0.493. The molecule has 0 aliphatic rings. The molecule has 0 aromatic carbocycles. The van der Waals surface area contributed by atoms with Crippen molar-refractivity contribution in [2.75, 3.05) is 6.61 Å². The van der Waals surface area contributed by atoms with Gasteiger partial charge in [0.15, 0.2) is 0 Å². The van der Waals surface area contributed by atoms with E-state index >= 15 is 0 Å². The molecule has 0 aliphatic carbocycles. The number of amides is 2. The number of carbonyl (C=O) groups is 2. The van der Waals surface area contributed by atoms with Crippen LogP contribution in [0.15, 0.2) is 29.2 Å². The Balaban J connectivity index is 2.83. The Hall–Kier alpha value is -2.64. The molecule has 2 amide bonds. The topological polar surface area (TPSA) is 127 Å². The fraction of sp³-hybridized carbons (Fsp3) is 0.273. The van der Waals surface area contributed by atoms with Gasteiger partial charge in [0.1, 0.15) is 18.5 Å². The van der Waals surface area contributed by atoms with Crippen molar-refractivity contribution in [1.29, 1.82) is 0 Å². The minimum Gasteiger partial charge on any atom is -0.460 e. The number of primary amides is 1. The largest absolute Gasteiger partial charge is 0.460 e. The Morgan fingerprint density at radius 1 is 1.63 bits per heavy atom. The summed E-state index contributed by atoms with van der Waals surface area (Å²) in [6.45, 7) is 4.69. The monoisotopic (exact) mass is 266 g/mol. The number of hydrogen-bond acceptors (Lipinski definition) is 5. The highest BCUT2D eigenvalue weighted by molar-refractivity contribution is 5.86. The minimum atomic E-state index is -0.838. The summed E-state index contributed by atoms with van der Waals surface area (Å²) in [7, 11) is 0. The number of rotatable bonds is 5. The van der Waals surface area contributed by atoms with E-state index < -0.39 is 23.6 Å². The van der Waals surface area contributed by atoms with E-state index in [0.29, 0.717) is 0 Å². The number of carbonyl (C=O) groups excluding carboxylic acids is 2. The van der Waals surface area contributed by atoms with Gasteiger partial charge < -0.3 is 20.8 Å². The number of aromatic amines is 1. The molecule has 8 nitrogen and oxygen atoms in total. The zero-order valence-electron chi connectivity index (χ0n) is 10.3. The lowest BCUT2D eigenvalue weighted by Gasteiger charge is -2.16. The number of ether oxygens (including phenoxy) is 1. The predicted molar refractivity (Wildman–Crippen MR) is 66.1 cm³/mol. The first-order valence-electron chi connectivity index (χ1n) is 5.34. The first-order chi connectivity index (χ1) is 8.90. The van der Waals surface area contributed by atoms with Crippen LogP contribution >= 0.6 is 0 Å². The summed E-state index contributed by atoms with van der Waals surface area (Å²) in [4.78, 5) is 39.6. The Labute approximate surface area is 108 Å². The third-order valence-electron chi connectivity index (χ3n) is 2.07. The molecule has 0 saturated heterocycles. The third-order valence-corrected chi connectivity index (χ3v) is 2.07. The Morgan fingerprint density at radius 3 is 2.84 bits per heavy atom. The van der Waals surface area contributed by atoms with Gasteiger partial charge >= 0.3 is 12.0 Å². The van der Waals surface area contributed by atoms with Crippen molar-refractivity contribution in [3.8, 4) is 0 Å². The molecule has 19 heavy (non-hydrogen) atoms. The highest BCUT2D eigenvalue weighted by atomic mass is 16.5. The van der Waals surface area contributed by atoms with Gasteiger partial charge in [0.2, 0.25) is 0 Å². The van der Waals surface area contributed by atoms with Gasteiger partial charge in [0.25, 0.3) is 5.56 Å². The van der Waals surface area contributed by atoms with Gasteiger partial charge in [-0.1, -0.05) is 6.58 Å². The van der Waals surface area contributed by atoms with Gasteiger partial charge in [-0.05, 0) is 6.92 Å². The number of nitrogens with zero attached hydrogens (tertiary/aromatic N) is 1. The van der Waals surface area contributed by atoms with Gasteiger partial charge in [0.05, 0.1) is 0 Å². The van der Waals surface area contributed by atoms with Crippen molar-refractivity contribution in [1.82, 2.24) is 15.3 Å². The first-order valence-corrected chi connectivity index (χ1v) is 5.34. The zero-order chi connectivity index (χ0) is 14.4. The molecule has 0 radical (unpaired) electrons. The molecule has 0 fully saturated rings. The number of aromatic nitrogens is 2. The van der Waals surface area contributed by atoms with Crippen molar-refractivity contribution >= 4 is 12.0 Å². The zero-order valence-corrected chi connectivity index (χ0v) is 10.3. The minimum absolute atomic E-state index is 0.140. The highest BCUT2D eigenvalue weighted by Gasteiger charge is 2.18. The molecule has 4 N–H and O–H groups in total. The van der Waals surface area contributed by atoms with Gasteiger partial charge in [-0.3, -0.25) is 4.79 Å². The number of esters is 1. The van der Waals surface area contributed by atoms with Crippen LogP contribution in [0.3, 0.4) is 0 Å². The maximum Gasteiger partial charge on any atom is 0.333 e. The van der Waals surface area contributed by atoms with Crippen molar-refractivity contribution in [3.63, 3.8) is 0 Å². The molecule has 0 bridgehead atoms. The van der Waals surface area contributed by atoms with Crippen LogP contribution in [0.5, 0.6) is 0 Å². The van der Waals surface area contributed by atoms with E-state index in [-0.39, 0.29) is 18.0 Å². The number of urea groups is 1. The Bertz CT molecular complexity index is 552. The van der Waals surface area contributed by atoms with E-state index in [9.17, 15) is 14.4 Å². The summed E-state index contributed by atoms with van der Waals surface area (Å²) in [6.07, 6.45) is 1.27. The maximum absolute atomic E-state index is 11.3. The van der Waals surface area contributed by atoms with Crippen molar-refractivity contribution in [2.24, 2.45) is 5.73 Å². The van der Waals surface area contributed by atoms with E-state index in [1.807, 2.05) is 0 Å². The van der Waals surface area contributed by atoms with Crippen molar-refractivity contribution in [2.45, 2.75) is 13.0 Å². The fourth-order valence-electron chi connectivity index (χ4n) is 1.21. The number of nitrogens with two attached hydrogens (primary N) is 1. The summed E-state index contributed by atoms with van der Waals surface area (Å²) < 4.78 is 4.89. The Morgan fingerprint density at radius 2 is 2.32 bits per heavy atom. The van der Waals surface area contributed by atoms with Gasteiger partial charge in [-0.25, -0.2) is 14.6 Å². The van der Waals surface area contributed by atoms with E-state index in [4.69, 9.17) is 10.5 Å². The van der Waals surface area contributed by atoms with Gasteiger partial charge in [-0.15, -0.1) is 0 Å². The number of hydrogen-bond donors (Lipinski definition) is 3. The van der Waals surface area contributed by atoms with Crippen LogP contribution in [0.4, 0.5) is 4.79 Å². The molecule has 1 rings (SSSR count). The molecule has 1 atom stereocenters. The SMILES string of the molecule is C=C(C)C(=O)OCC(NC(N)=O)c1nccc(=O)[nH]1. The lowest BCUT2D eigenvalue weighted by Crippen LogP contribution is -2.37. The molecule has 0 aliphatic heterocycles. The summed E-state index contributed by atoms with van der Waals surface area (Å²) in [5.74, 6) is -0.477. The average molecular weight is 266 g/mol. The molecule has 8 heteroatoms. The van der Waals surface area contributed by atoms with Crippen LogP contribution in [0, 0.1) is 0 Å². The van der Waals surface area contributed by atoms with Crippen LogP contribution in [0.25, 0.3) is 0 Å². The van der Waals surface area contributed by atoms with Crippen LogP contribution in [0.2, 0.25) is 0 Å². The summed E-state index contributed by atoms with van der Waals surface area (Å²) in [5, 5.41) is 2.32. The maximum atomic E-state index is 11.3. The molecule has 0 saturated carbocycles. The molecular weight excluding hydrogens is 252 g/mol. The molecule has 102 valence electrons. The van der Waals surface area contributed by atoms with E-state index in [2.05, 4.69) is 21.9 Å². The average Bonchev–Trinajstić information content (AvgIpc) is 2.33. The predicted octanol–water partition coefficient (Wildman–Crippen LogP) is -0.401. The van der Waals surface area contributed by atoms with Gasteiger partial charge in [0, 0.05) is 17.8 Å². The van der Waals surface area contributed by atoms with Crippen LogP contribution in [-0.4, -0.2) is 28.6 Å². The second-order valence-electron chi connectivity index (χ2n) is 3.76. The van der Waals surface area contributed by atoms with Crippen LogP contribution < -0.4 is 16.6 Å². The fourth-order valence-corrected chi connectivity index (χ4v) is 1.21. The molecule has 1 aromatic heterocycles.